The van der Waals surface area contributed by atoms with Gasteiger partial charge in [-0.25, -0.2) is 4.68 Å². The first-order valence-corrected chi connectivity index (χ1v) is 5.14. The number of hydrogen-bond acceptors (Lipinski definition) is 3. The summed E-state index contributed by atoms with van der Waals surface area (Å²) in [5.74, 6) is 0. The molecular formula is C9H15F3N4. The van der Waals surface area contributed by atoms with E-state index in [1.807, 2.05) is 6.92 Å². The Morgan fingerprint density at radius 2 is 2.06 bits per heavy atom. The van der Waals surface area contributed by atoms with E-state index in [0.29, 0.717) is 6.42 Å². The smallest absolute Gasteiger partial charge is 0.314 e. The number of aromatic nitrogens is 3. The van der Waals surface area contributed by atoms with Crippen molar-refractivity contribution in [2.24, 2.45) is 0 Å². The van der Waals surface area contributed by atoms with E-state index in [9.17, 15) is 13.2 Å². The Bertz CT molecular complexity index is 332. The van der Waals surface area contributed by atoms with Gasteiger partial charge < -0.3 is 5.32 Å². The lowest BCUT2D eigenvalue weighted by molar-refractivity contribution is -0.144. The van der Waals surface area contributed by atoms with Crippen LogP contribution in [-0.4, -0.2) is 22.0 Å². The second-order valence-corrected chi connectivity index (χ2v) is 3.49. The molecule has 0 saturated carbocycles. The van der Waals surface area contributed by atoms with Crippen LogP contribution in [0.1, 0.15) is 31.2 Å². The van der Waals surface area contributed by atoms with Crippen LogP contribution < -0.4 is 5.32 Å². The van der Waals surface area contributed by atoms with Crippen molar-refractivity contribution >= 4 is 0 Å². The predicted octanol–water partition coefficient (Wildman–Crippen LogP) is 1.82. The van der Waals surface area contributed by atoms with E-state index in [1.54, 1.807) is 7.05 Å². The largest absolute Gasteiger partial charge is 0.434 e. The summed E-state index contributed by atoms with van der Waals surface area (Å²) in [4.78, 5) is 0. The van der Waals surface area contributed by atoms with Gasteiger partial charge in [-0.1, -0.05) is 18.6 Å². The summed E-state index contributed by atoms with van der Waals surface area (Å²) in [7, 11) is 1.57. The van der Waals surface area contributed by atoms with E-state index in [4.69, 9.17) is 0 Å². The molecule has 92 valence electrons. The van der Waals surface area contributed by atoms with Gasteiger partial charge >= 0.3 is 6.18 Å². The van der Waals surface area contributed by atoms with E-state index >= 15 is 0 Å². The predicted molar refractivity (Wildman–Crippen MR) is 52.7 cm³/mol. The lowest BCUT2D eigenvalue weighted by Gasteiger charge is -2.10. The molecule has 0 fully saturated rings. The van der Waals surface area contributed by atoms with Crippen molar-refractivity contribution in [1.29, 1.82) is 0 Å². The van der Waals surface area contributed by atoms with E-state index < -0.39 is 11.9 Å². The average Bonchev–Trinajstić information content (AvgIpc) is 2.58. The van der Waals surface area contributed by atoms with Crippen LogP contribution in [0.25, 0.3) is 0 Å². The molecule has 1 aromatic heterocycles. The first-order chi connectivity index (χ1) is 7.50. The maximum atomic E-state index is 12.8. The monoisotopic (exact) mass is 236 g/mol. The lowest BCUT2D eigenvalue weighted by Crippen LogP contribution is -2.18. The number of alkyl halides is 3. The molecule has 0 spiro atoms. The quantitative estimate of drug-likeness (QED) is 0.848. The zero-order chi connectivity index (χ0) is 12.2. The van der Waals surface area contributed by atoms with Crippen molar-refractivity contribution < 1.29 is 13.2 Å². The molecule has 0 aromatic carbocycles. The second kappa shape index (κ2) is 5.29. The summed E-state index contributed by atoms with van der Waals surface area (Å²) in [6, 6.07) is 0. The van der Waals surface area contributed by atoms with Crippen LogP contribution in [0.4, 0.5) is 13.2 Å². The molecule has 0 atom stereocenters. The van der Waals surface area contributed by atoms with Gasteiger partial charge in [0.2, 0.25) is 0 Å². The van der Waals surface area contributed by atoms with Crippen LogP contribution in [0.15, 0.2) is 0 Å². The molecule has 0 aliphatic heterocycles. The number of nitrogens with one attached hydrogen (secondary N) is 1. The van der Waals surface area contributed by atoms with E-state index in [1.165, 1.54) is 0 Å². The lowest BCUT2D eigenvalue weighted by atomic mass is 10.3. The van der Waals surface area contributed by atoms with Crippen LogP contribution in [0, 0.1) is 0 Å². The number of halogens is 3. The summed E-state index contributed by atoms with van der Waals surface area (Å²) in [5, 5.41) is 9.75. The molecule has 1 rings (SSSR count). The number of hydrogen-bond donors (Lipinski definition) is 1. The average molecular weight is 236 g/mol. The minimum atomic E-state index is -4.40. The molecule has 1 heterocycles. The molecule has 16 heavy (non-hydrogen) atoms. The first-order valence-electron chi connectivity index (χ1n) is 5.14. The fraction of sp³-hybridized carbons (Fsp3) is 0.778. The van der Waals surface area contributed by atoms with E-state index in [2.05, 4.69) is 15.6 Å². The number of unbranched alkanes of at least 4 members (excludes halogenated alkanes) is 1. The van der Waals surface area contributed by atoms with Crippen molar-refractivity contribution in [1.82, 2.24) is 20.3 Å². The standard InChI is InChI=1S/C9H15F3N4/c1-3-4-5-16-8(9(10,11)12)7(6-13-2)14-15-16/h13H,3-6H2,1-2H3. The van der Waals surface area contributed by atoms with Crippen molar-refractivity contribution in [3.05, 3.63) is 11.4 Å². The fourth-order valence-electron chi connectivity index (χ4n) is 1.41. The zero-order valence-electron chi connectivity index (χ0n) is 9.30. The molecule has 0 aliphatic rings. The van der Waals surface area contributed by atoms with Crippen molar-refractivity contribution in [2.45, 2.75) is 39.0 Å². The maximum absolute atomic E-state index is 12.8. The molecule has 0 bridgehead atoms. The normalized spacial score (nSPS) is 12.1. The van der Waals surface area contributed by atoms with E-state index in [-0.39, 0.29) is 18.8 Å². The Balaban J connectivity index is 2.99. The number of nitrogens with zero attached hydrogens (tertiary/aromatic N) is 3. The highest BCUT2D eigenvalue weighted by Crippen LogP contribution is 2.31. The summed E-state index contributed by atoms with van der Waals surface area (Å²) >= 11 is 0. The van der Waals surface area contributed by atoms with Gasteiger partial charge in [-0.3, -0.25) is 0 Å². The highest BCUT2D eigenvalue weighted by molar-refractivity contribution is 5.13. The number of rotatable bonds is 5. The highest BCUT2D eigenvalue weighted by atomic mass is 19.4. The van der Waals surface area contributed by atoms with Gasteiger partial charge in [-0.2, -0.15) is 13.2 Å². The third kappa shape index (κ3) is 2.94. The fourth-order valence-corrected chi connectivity index (χ4v) is 1.41. The molecular weight excluding hydrogens is 221 g/mol. The molecule has 0 radical (unpaired) electrons. The third-order valence-corrected chi connectivity index (χ3v) is 2.14. The molecule has 4 nitrogen and oxygen atoms in total. The highest BCUT2D eigenvalue weighted by Gasteiger charge is 2.38. The topological polar surface area (TPSA) is 42.7 Å². The first kappa shape index (κ1) is 13.0. The minimum Gasteiger partial charge on any atom is -0.314 e. The minimum absolute atomic E-state index is 0.0499. The molecule has 0 unspecified atom stereocenters. The maximum Gasteiger partial charge on any atom is 0.434 e. The Morgan fingerprint density at radius 3 is 2.56 bits per heavy atom. The Morgan fingerprint density at radius 1 is 1.38 bits per heavy atom. The van der Waals surface area contributed by atoms with E-state index in [0.717, 1.165) is 11.1 Å². The van der Waals surface area contributed by atoms with Crippen LogP contribution in [0.3, 0.4) is 0 Å². The SMILES string of the molecule is CCCCn1nnc(CNC)c1C(F)(F)F. The van der Waals surface area contributed by atoms with Crippen LogP contribution in [0.2, 0.25) is 0 Å². The van der Waals surface area contributed by atoms with Gasteiger partial charge in [0.05, 0.1) is 0 Å². The van der Waals surface area contributed by atoms with Gasteiger partial charge in [0.15, 0.2) is 5.69 Å². The number of aryl methyl sites for hydroxylation is 1. The van der Waals surface area contributed by atoms with Crippen LogP contribution in [-0.2, 0) is 19.3 Å². The van der Waals surface area contributed by atoms with Crippen LogP contribution >= 0.6 is 0 Å². The van der Waals surface area contributed by atoms with Crippen molar-refractivity contribution in [3.8, 4) is 0 Å². The Kier molecular flexibility index (Phi) is 4.28. The van der Waals surface area contributed by atoms with Crippen LogP contribution in [0.5, 0.6) is 0 Å². The second-order valence-electron chi connectivity index (χ2n) is 3.49. The third-order valence-electron chi connectivity index (χ3n) is 2.14. The van der Waals surface area contributed by atoms with Crippen molar-refractivity contribution in [3.63, 3.8) is 0 Å². The van der Waals surface area contributed by atoms with Gasteiger partial charge in [0.1, 0.15) is 5.69 Å². The molecule has 1 N–H and O–H groups in total. The Labute approximate surface area is 91.8 Å². The molecule has 0 saturated heterocycles. The van der Waals surface area contributed by atoms with Gasteiger partial charge in [-0.05, 0) is 13.5 Å². The molecule has 7 heteroatoms. The molecule has 0 aliphatic carbocycles. The van der Waals surface area contributed by atoms with Gasteiger partial charge in [0, 0.05) is 13.1 Å². The zero-order valence-corrected chi connectivity index (χ0v) is 9.30. The summed E-state index contributed by atoms with van der Waals surface area (Å²) in [5.41, 5.74) is -0.790. The molecule has 1 aromatic rings. The van der Waals surface area contributed by atoms with Gasteiger partial charge in [-0.15, -0.1) is 5.10 Å². The Hall–Kier alpha value is -1.11. The van der Waals surface area contributed by atoms with Gasteiger partial charge in [0.25, 0.3) is 0 Å². The summed E-state index contributed by atoms with van der Waals surface area (Å²) in [6.45, 7) is 2.24. The molecule has 0 amide bonds. The summed E-state index contributed by atoms with van der Waals surface area (Å²) in [6.07, 6.45) is -2.92. The van der Waals surface area contributed by atoms with Crippen molar-refractivity contribution in [2.75, 3.05) is 7.05 Å². The summed E-state index contributed by atoms with van der Waals surface area (Å²) < 4.78 is 39.2.